The molecule has 0 saturated carbocycles. The highest BCUT2D eigenvalue weighted by molar-refractivity contribution is 6.04. The molecular weight excluding hydrogens is 449 g/mol. The molecular formula is C27H20FN3O4. The maximum Gasteiger partial charge on any atom is 0.311 e. The summed E-state index contributed by atoms with van der Waals surface area (Å²) < 4.78 is 13.1. The number of phenolic OH excluding ortho intramolecular Hbond substituents is 1. The van der Waals surface area contributed by atoms with Crippen molar-refractivity contribution < 1.29 is 19.2 Å². The Morgan fingerprint density at radius 1 is 0.971 bits per heavy atom. The molecule has 4 rings (SSSR count). The molecule has 0 unspecified atom stereocenters. The van der Waals surface area contributed by atoms with Crippen molar-refractivity contribution in [2.24, 2.45) is 4.99 Å². The standard InChI is InChI=1S/C27H20FN3O4/c28-22-11-9-20(10-12-22)27(33)30-24-8-4-7-23(16-24)29-17-21-14-19(13-18-5-2-1-3-6-18)15-25(26(21)32)31(34)35/h1-12,14-17,32H,13H2,(H,30,33). The van der Waals surface area contributed by atoms with Gasteiger partial charge in [0.1, 0.15) is 5.82 Å². The third kappa shape index (κ3) is 5.94. The van der Waals surface area contributed by atoms with Gasteiger partial charge in [-0.25, -0.2) is 4.39 Å². The summed E-state index contributed by atoms with van der Waals surface area (Å²) in [6, 6.07) is 24.3. The number of halogens is 1. The van der Waals surface area contributed by atoms with Crippen LogP contribution in [0.1, 0.15) is 27.0 Å². The van der Waals surface area contributed by atoms with Crippen LogP contribution in [0.25, 0.3) is 0 Å². The van der Waals surface area contributed by atoms with Crippen LogP contribution >= 0.6 is 0 Å². The number of hydrogen-bond donors (Lipinski definition) is 2. The molecule has 0 aliphatic carbocycles. The van der Waals surface area contributed by atoms with E-state index in [1.54, 1.807) is 30.3 Å². The van der Waals surface area contributed by atoms with Gasteiger partial charge in [-0.1, -0.05) is 36.4 Å². The molecule has 0 spiro atoms. The van der Waals surface area contributed by atoms with Crippen LogP contribution in [0.3, 0.4) is 0 Å². The summed E-state index contributed by atoms with van der Waals surface area (Å²) in [6.07, 6.45) is 1.80. The van der Waals surface area contributed by atoms with Crippen molar-refractivity contribution in [1.82, 2.24) is 0 Å². The minimum absolute atomic E-state index is 0.200. The first kappa shape index (κ1) is 23.3. The molecule has 0 saturated heterocycles. The zero-order valence-electron chi connectivity index (χ0n) is 18.4. The average Bonchev–Trinajstić information content (AvgIpc) is 2.85. The van der Waals surface area contributed by atoms with Crippen LogP contribution in [0, 0.1) is 15.9 Å². The highest BCUT2D eigenvalue weighted by Crippen LogP contribution is 2.32. The van der Waals surface area contributed by atoms with Gasteiger partial charge in [0.15, 0.2) is 0 Å². The lowest BCUT2D eigenvalue weighted by Crippen LogP contribution is -2.11. The van der Waals surface area contributed by atoms with Crippen molar-refractivity contribution in [3.05, 3.63) is 129 Å². The van der Waals surface area contributed by atoms with Gasteiger partial charge < -0.3 is 10.4 Å². The number of nitrogens with one attached hydrogen (secondary N) is 1. The first-order chi connectivity index (χ1) is 16.9. The minimum atomic E-state index is -0.632. The van der Waals surface area contributed by atoms with Gasteiger partial charge in [-0.15, -0.1) is 0 Å². The fourth-order valence-corrected chi connectivity index (χ4v) is 3.49. The van der Waals surface area contributed by atoms with Crippen LogP contribution < -0.4 is 5.32 Å². The second-order valence-corrected chi connectivity index (χ2v) is 7.74. The number of carbonyl (C=O) groups is 1. The number of phenols is 1. The SMILES string of the molecule is O=C(Nc1cccc(N=Cc2cc(Cc3ccccc3)cc([N+](=O)[O-])c2O)c1)c1ccc(F)cc1. The minimum Gasteiger partial charge on any atom is -0.502 e. The quantitative estimate of drug-likeness (QED) is 0.196. The molecule has 0 radical (unpaired) electrons. The molecule has 4 aromatic carbocycles. The van der Waals surface area contributed by atoms with Crippen molar-refractivity contribution in [3.63, 3.8) is 0 Å². The first-order valence-electron chi connectivity index (χ1n) is 10.6. The van der Waals surface area contributed by atoms with Gasteiger partial charge in [0.05, 0.1) is 10.6 Å². The topological polar surface area (TPSA) is 105 Å². The third-order valence-corrected chi connectivity index (χ3v) is 5.19. The summed E-state index contributed by atoms with van der Waals surface area (Å²) in [7, 11) is 0. The fraction of sp³-hybridized carbons (Fsp3) is 0.0370. The Labute approximate surface area is 200 Å². The number of nitro groups is 1. The monoisotopic (exact) mass is 469 g/mol. The molecule has 0 bridgehead atoms. The number of aromatic hydroxyl groups is 1. The van der Waals surface area contributed by atoms with E-state index in [1.165, 1.54) is 36.5 Å². The van der Waals surface area contributed by atoms with Crippen LogP contribution in [-0.2, 0) is 6.42 Å². The van der Waals surface area contributed by atoms with E-state index in [0.717, 1.165) is 5.56 Å². The van der Waals surface area contributed by atoms with E-state index in [1.807, 2.05) is 30.3 Å². The summed E-state index contributed by atoms with van der Waals surface area (Å²) in [5.74, 6) is -1.32. The number of anilines is 1. The highest BCUT2D eigenvalue weighted by atomic mass is 19.1. The molecule has 7 nitrogen and oxygen atoms in total. The Hall–Kier alpha value is -4.85. The van der Waals surface area contributed by atoms with Crippen molar-refractivity contribution >= 4 is 29.2 Å². The number of aliphatic imine (C=N–C) groups is 1. The lowest BCUT2D eigenvalue weighted by molar-refractivity contribution is -0.385. The van der Waals surface area contributed by atoms with E-state index in [9.17, 15) is 24.4 Å². The number of rotatable bonds is 7. The predicted octanol–water partition coefficient (Wildman–Crippen LogP) is 6.03. The van der Waals surface area contributed by atoms with Gasteiger partial charge in [-0.05, 0) is 66.1 Å². The van der Waals surface area contributed by atoms with Gasteiger partial charge in [-0.3, -0.25) is 19.9 Å². The van der Waals surface area contributed by atoms with Crippen molar-refractivity contribution in [1.29, 1.82) is 0 Å². The molecule has 0 fully saturated rings. The largest absolute Gasteiger partial charge is 0.502 e. The van der Waals surface area contributed by atoms with Crippen molar-refractivity contribution in [2.45, 2.75) is 6.42 Å². The van der Waals surface area contributed by atoms with Crippen molar-refractivity contribution in [3.8, 4) is 5.75 Å². The van der Waals surface area contributed by atoms with Crippen LogP contribution in [0.4, 0.5) is 21.5 Å². The maximum absolute atomic E-state index is 13.1. The number of amides is 1. The number of benzene rings is 4. The van der Waals surface area contributed by atoms with E-state index < -0.39 is 28.1 Å². The second-order valence-electron chi connectivity index (χ2n) is 7.74. The second kappa shape index (κ2) is 10.4. The van der Waals surface area contributed by atoms with Crippen LogP contribution in [-0.4, -0.2) is 22.2 Å². The van der Waals surface area contributed by atoms with Crippen molar-refractivity contribution in [2.75, 3.05) is 5.32 Å². The van der Waals surface area contributed by atoms with Crippen LogP contribution in [0.5, 0.6) is 5.75 Å². The molecule has 8 heteroatoms. The molecule has 35 heavy (non-hydrogen) atoms. The smallest absolute Gasteiger partial charge is 0.311 e. The average molecular weight is 469 g/mol. The predicted molar refractivity (Wildman–Crippen MR) is 132 cm³/mol. The molecule has 0 aromatic heterocycles. The summed E-state index contributed by atoms with van der Waals surface area (Å²) in [6.45, 7) is 0. The third-order valence-electron chi connectivity index (χ3n) is 5.19. The van der Waals surface area contributed by atoms with Crippen LogP contribution in [0.2, 0.25) is 0 Å². The Bertz CT molecular complexity index is 1400. The summed E-state index contributed by atoms with van der Waals surface area (Å²) >= 11 is 0. The Kier molecular flexibility index (Phi) is 6.92. The number of nitro benzene ring substituents is 1. The van der Waals surface area contributed by atoms with E-state index in [-0.39, 0.29) is 5.56 Å². The molecule has 0 aliphatic heterocycles. The maximum atomic E-state index is 13.1. The molecule has 1 amide bonds. The molecule has 0 atom stereocenters. The van der Waals surface area contributed by atoms with Gasteiger partial charge in [0.2, 0.25) is 5.75 Å². The Morgan fingerprint density at radius 2 is 1.71 bits per heavy atom. The first-order valence-corrected chi connectivity index (χ1v) is 10.6. The zero-order chi connectivity index (χ0) is 24.8. The lowest BCUT2D eigenvalue weighted by atomic mass is 10.0. The molecule has 2 N–H and O–H groups in total. The fourth-order valence-electron chi connectivity index (χ4n) is 3.49. The van der Waals surface area contributed by atoms with Gasteiger partial charge in [-0.2, -0.15) is 0 Å². The van der Waals surface area contributed by atoms with Gasteiger partial charge >= 0.3 is 5.69 Å². The number of carbonyl (C=O) groups excluding carboxylic acids is 1. The number of nitrogens with zero attached hydrogens (tertiary/aromatic N) is 2. The van der Waals surface area contributed by atoms with E-state index in [0.29, 0.717) is 28.9 Å². The normalized spacial score (nSPS) is 10.9. The molecule has 0 heterocycles. The van der Waals surface area contributed by atoms with Crippen LogP contribution in [0.15, 0.2) is 96.0 Å². The van der Waals surface area contributed by atoms with Gasteiger partial charge in [0, 0.05) is 29.1 Å². The van der Waals surface area contributed by atoms with Gasteiger partial charge in [0.25, 0.3) is 5.91 Å². The summed E-state index contributed by atoms with van der Waals surface area (Å²) in [4.78, 5) is 27.6. The number of hydrogen-bond acceptors (Lipinski definition) is 5. The molecule has 174 valence electrons. The van der Waals surface area contributed by atoms with E-state index in [4.69, 9.17) is 0 Å². The molecule has 0 aliphatic rings. The highest BCUT2D eigenvalue weighted by Gasteiger charge is 2.18. The summed E-state index contributed by atoms with van der Waals surface area (Å²) in [5.41, 5.74) is 2.64. The van der Waals surface area contributed by atoms with E-state index >= 15 is 0 Å². The Morgan fingerprint density at radius 3 is 2.43 bits per heavy atom. The lowest BCUT2D eigenvalue weighted by Gasteiger charge is -2.07. The Balaban J connectivity index is 1.57. The van der Waals surface area contributed by atoms with E-state index in [2.05, 4.69) is 10.3 Å². The molecule has 4 aromatic rings. The summed E-state index contributed by atoms with van der Waals surface area (Å²) in [5, 5.41) is 24.6. The zero-order valence-corrected chi connectivity index (χ0v) is 18.4.